The highest BCUT2D eigenvalue weighted by Crippen LogP contribution is 2.09. The van der Waals surface area contributed by atoms with E-state index in [0.29, 0.717) is 19.5 Å². The molecule has 1 aromatic rings. The van der Waals surface area contributed by atoms with Crippen LogP contribution >= 0.6 is 0 Å². The highest BCUT2D eigenvalue weighted by atomic mass is 16.4. The van der Waals surface area contributed by atoms with Gasteiger partial charge in [-0.05, 0) is 30.4 Å². The summed E-state index contributed by atoms with van der Waals surface area (Å²) in [5, 5.41) is 11.4. The van der Waals surface area contributed by atoms with Crippen molar-refractivity contribution in [1.82, 2.24) is 15.2 Å². The number of nitrogens with zero attached hydrogens (tertiary/aromatic N) is 2. The summed E-state index contributed by atoms with van der Waals surface area (Å²) in [6.07, 6.45) is 5.02. The number of pyridine rings is 1. The van der Waals surface area contributed by atoms with E-state index >= 15 is 0 Å². The van der Waals surface area contributed by atoms with Gasteiger partial charge in [0.05, 0.1) is 0 Å². The van der Waals surface area contributed by atoms with Crippen LogP contribution in [0.1, 0.15) is 31.7 Å². The predicted molar refractivity (Wildman–Crippen MR) is 79.8 cm³/mol. The molecule has 0 spiro atoms. The molecule has 21 heavy (non-hydrogen) atoms. The number of nitrogens with one attached hydrogen (secondary N) is 1. The van der Waals surface area contributed by atoms with Crippen molar-refractivity contribution in [3.8, 4) is 0 Å². The van der Waals surface area contributed by atoms with Gasteiger partial charge in [0, 0.05) is 39.0 Å². The molecule has 116 valence electrons. The summed E-state index contributed by atoms with van der Waals surface area (Å²) in [6, 6.07) is 3.62. The quantitative estimate of drug-likeness (QED) is 0.769. The summed E-state index contributed by atoms with van der Waals surface area (Å²) in [5.41, 5.74) is 0.977. The molecule has 0 aliphatic rings. The minimum absolute atomic E-state index is 0.135. The van der Waals surface area contributed by atoms with Gasteiger partial charge in [-0.25, -0.2) is 4.79 Å². The lowest BCUT2D eigenvalue weighted by Gasteiger charge is -2.18. The first-order valence-electron chi connectivity index (χ1n) is 7.08. The van der Waals surface area contributed by atoms with Gasteiger partial charge in [0.25, 0.3) is 0 Å². The second kappa shape index (κ2) is 8.94. The number of urea groups is 1. The number of carboxylic acid groups (broad SMARTS) is 1. The highest BCUT2D eigenvalue weighted by Gasteiger charge is 2.10. The van der Waals surface area contributed by atoms with Crippen LogP contribution in [0.4, 0.5) is 4.79 Å². The van der Waals surface area contributed by atoms with Crippen LogP contribution in [0.15, 0.2) is 24.5 Å². The largest absolute Gasteiger partial charge is 0.481 e. The van der Waals surface area contributed by atoms with Crippen LogP contribution in [-0.4, -0.2) is 40.6 Å². The van der Waals surface area contributed by atoms with Crippen molar-refractivity contribution in [1.29, 1.82) is 0 Å². The van der Waals surface area contributed by atoms with Gasteiger partial charge in [-0.15, -0.1) is 0 Å². The number of rotatable bonds is 8. The van der Waals surface area contributed by atoms with Gasteiger partial charge in [-0.2, -0.15) is 0 Å². The number of aliphatic carboxylic acids is 1. The van der Waals surface area contributed by atoms with Crippen molar-refractivity contribution >= 4 is 12.0 Å². The van der Waals surface area contributed by atoms with Gasteiger partial charge in [0.1, 0.15) is 0 Å². The summed E-state index contributed by atoms with van der Waals surface area (Å²) in [5.74, 6) is -0.493. The summed E-state index contributed by atoms with van der Waals surface area (Å²) in [4.78, 5) is 28.0. The summed E-state index contributed by atoms with van der Waals surface area (Å²) >= 11 is 0. The Kier molecular flexibility index (Phi) is 7.21. The molecule has 1 rings (SSSR count). The molecular formula is C15H23N3O3. The zero-order chi connectivity index (χ0) is 15.7. The molecule has 0 aliphatic carbocycles. The van der Waals surface area contributed by atoms with Crippen LogP contribution in [0.5, 0.6) is 0 Å². The molecule has 1 unspecified atom stereocenters. The number of carbonyl (C=O) groups is 2. The molecule has 0 aromatic carbocycles. The lowest BCUT2D eigenvalue weighted by molar-refractivity contribution is -0.137. The van der Waals surface area contributed by atoms with Crippen LogP contribution in [-0.2, 0) is 11.3 Å². The van der Waals surface area contributed by atoms with E-state index in [2.05, 4.69) is 10.3 Å². The van der Waals surface area contributed by atoms with Gasteiger partial charge < -0.3 is 15.3 Å². The van der Waals surface area contributed by atoms with Crippen LogP contribution in [0.25, 0.3) is 0 Å². The summed E-state index contributed by atoms with van der Waals surface area (Å²) < 4.78 is 0. The number of hydrogen-bond donors (Lipinski definition) is 2. The maximum atomic E-state index is 11.9. The van der Waals surface area contributed by atoms with Crippen LogP contribution in [0, 0.1) is 5.92 Å². The lowest BCUT2D eigenvalue weighted by Crippen LogP contribution is -2.37. The summed E-state index contributed by atoms with van der Waals surface area (Å²) in [7, 11) is 1.73. The molecule has 6 nitrogen and oxygen atoms in total. The SMILES string of the molecule is CC(CCNC(=O)N(C)Cc1cccnc1)CCC(=O)O. The Hall–Kier alpha value is -2.11. The Bertz CT molecular complexity index is 451. The number of hydrogen-bond acceptors (Lipinski definition) is 3. The smallest absolute Gasteiger partial charge is 0.317 e. The molecule has 1 heterocycles. The van der Waals surface area contributed by atoms with E-state index in [9.17, 15) is 9.59 Å². The third-order valence-electron chi connectivity index (χ3n) is 3.25. The van der Waals surface area contributed by atoms with Gasteiger partial charge in [-0.3, -0.25) is 9.78 Å². The fraction of sp³-hybridized carbons (Fsp3) is 0.533. The Morgan fingerprint density at radius 1 is 1.43 bits per heavy atom. The lowest BCUT2D eigenvalue weighted by atomic mass is 10.0. The maximum absolute atomic E-state index is 11.9. The molecule has 1 atom stereocenters. The van der Waals surface area contributed by atoms with Gasteiger partial charge in [-0.1, -0.05) is 13.0 Å². The summed E-state index contributed by atoms with van der Waals surface area (Å²) in [6.45, 7) is 3.06. The average Bonchev–Trinajstić information content (AvgIpc) is 2.46. The van der Waals surface area contributed by atoms with E-state index in [-0.39, 0.29) is 18.4 Å². The van der Waals surface area contributed by atoms with E-state index in [1.165, 1.54) is 0 Å². The zero-order valence-corrected chi connectivity index (χ0v) is 12.6. The minimum Gasteiger partial charge on any atom is -0.481 e. The van der Waals surface area contributed by atoms with E-state index in [1.54, 1.807) is 24.3 Å². The van der Waals surface area contributed by atoms with Gasteiger partial charge >= 0.3 is 12.0 Å². The van der Waals surface area contributed by atoms with E-state index in [4.69, 9.17) is 5.11 Å². The fourth-order valence-electron chi connectivity index (χ4n) is 1.91. The normalized spacial score (nSPS) is 11.7. The molecule has 0 saturated heterocycles. The molecule has 0 saturated carbocycles. The Morgan fingerprint density at radius 2 is 2.19 bits per heavy atom. The second-order valence-corrected chi connectivity index (χ2v) is 5.28. The van der Waals surface area contributed by atoms with Crippen LogP contribution in [0.3, 0.4) is 0 Å². The van der Waals surface area contributed by atoms with Crippen molar-refractivity contribution in [3.05, 3.63) is 30.1 Å². The molecule has 2 amide bonds. The highest BCUT2D eigenvalue weighted by molar-refractivity contribution is 5.73. The maximum Gasteiger partial charge on any atom is 0.317 e. The number of carbonyl (C=O) groups excluding carboxylic acids is 1. The molecule has 2 N–H and O–H groups in total. The molecule has 0 bridgehead atoms. The third kappa shape index (κ3) is 7.29. The molecule has 0 fully saturated rings. The standard InChI is InChI=1S/C15H23N3O3/c1-12(5-6-14(19)20)7-9-17-15(21)18(2)11-13-4-3-8-16-10-13/h3-4,8,10,12H,5-7,9,11H2,1-2H3,(H,17,21)(H,19,20). The van der Waals surface area contributed by atoms with Gasteiger partial charge in [0.15, 0.2) is 0 Å². The van der Waals surface area contributed by atoms with E-state index in [1.807, 2.05) is 19.1 Å². The fourth-order valence-corrected chi connectivity index (χ4v) is 1.91. The molecular weight excluding hydrogens is 270 g/mol. The predicted octanol–water partition coefficient (Wildman–Crippen LogP) is 2.11. The molecule has 0 radical (unpaired) electrons. The Labute approximate surface area is 125 Å². The van der Waals surface area contributed by atoms with E-state index in [0.717, 1.165) is 12.0 Å². The van der Waals surface area contributed by atoms with E-state index < -0.39 is 5.97 Å². The van der Waals surface area contributed by atoms with Crippen molar-refractivity contribution < 1.29 is 14.7 Å². The van der Waals surface area contributed by atoms with Crippen molar-refractivity contribution in [2.75, 3.05) is 13.6 Å². The van der Waals surface area contributed by atoms with Gasteiger partial charge in [0.2, 0.25) is 0 Å². The molecule has 1 aromatic heterocycles. The number of carboxylic acids is 1. The number of aromatic nitrogens is 1. The second-order valence-electron chi connectivity index (χ2n) is 5.28. The third-order valence-corrected chi connectivity index (χ3v) is 3.25. The first-order valence-corrected chi connectivity index (χ1v) is 7.08. The monoisotopic (exact) mass is 293 g/mol. The number of amides is 2. The van der Waals surface area contributed by atoms with Crippen LogP contribution in [0.2, 0.25) is 0 Å². The molecule has 0 aliphatic heterocycles. The zero-order valence-electron chi connectivity index (χ0n) is 12.6. The van der Waals surface area contributed by atoms with Crippen molar-refractivity contribution in [2.45, 2.75) is 32.7 Å². The van der Waals surface area contributed by atoms with Crippen molar-refractivity contribution in [3.63, 3.8) is 0 Å². The first-order chi connectivity index (χ1) is 9.99. The Balaban J connectivity index is 2.22. The van der Waals surface area contributed by atoms with Crippen molar-refractivity contribution in [2.24, 2.45) is 5.92 Å². The Morgan fingerprint density at radius 3 is 2.81 bits per heavy atom. The topological polar surface area (TPSA) is 82.5 Å². The average molecular weight is 293 g/mol. The van der Waals surface area contributed by atoms with Crippen LogP contribution < -0.4 is 5.32 Å². The molecule has 6 heteroatoms. The first kappa shape index (κ1) is 16.9. The minimum atomic E-state index is -0.776.